The monoisotopic (exact) mass is 181 g/mol. The van der Waals surface area contributed by atoms with E-state index in [0.29, 0.717) is 6.42 Å². The number of rotatable bonds is 6. The van der Waals surface area contributed by atoms with Gasteiger partial charge in [-0.15, -0.1) is 12.3 Å². The first-order chi connectivity index (χ1) is 6.26. The van der Waals surface area contributed by atoms with Gasteiger partial charge in [0, 0.05) is 25.9 Å². The molecule has 74 valence electrons. The summed E-state index contributed by atoms with van der Waals surface area (Å²) in [6.07, 6.45) is 8.42. The predicted molar refractivity (Wildman–Crippen MR) is 55.2 cm³/mol. The predicted octanol–water partition coefficient (Wildman–Crippen LogP) is 2.05. The zero-order valence-corrected chi connectivity index (χ0v) is 8.68. The van der Waals surface area contributed by atoms with Gasteiger partial charge in [0.2, 0.25) is 5.91 Å². The number of carbonyl (C=O) groups excluding carboxylic acids is 1. The Bertz CT molecular complexity index is 177. The SMILES string of the molecule is C#CCCCCC(=O)N(CC)CC. The van der Waals surface area contributed by atoms with E-state index in [1.807, 2.05) is 18.7 Å². The second-order valence-corrected chi connectivity index (χ2v) is 2.98. The molecule has 0 aliphatic rings. The Kier molecular flexibility index (Phi) is 7.10. The molecule has 0 aliphatic heterocycles. The fourth-order valence-corrected chi connectivity index (χ4v) is 1.24. The second kappa shape index (κ2) is 7.67. The van der Waals surface area contributed by atoms with Crippen molar-refractivity contribution in [3.05, 3.63) is 0 Å². The molecule has 0 saturated carbocycles. The first kappa shape index (κ1) is 12.0. The van der Waals surface area contributed by atoms with Crippen LogP contribution in [0.25, 0.3) is 0 Å². The van der Waals surface area contributed by atoms with Crippen molar-refractivity contribution in [2.75, 3.05) is 13.1 Å². The molecule has 0 bridgehead atoms. The molecular weight excluding hydrogens is 162 g/mol. The number of nitrogens with zero attached hydrogens (tertiary/aromatic N) is 1. The van der Waals surface area contributed by atoms with E-state index in [4.69, 9.17) is 6.42 Å². The highest BCUT2D eigenvalue weighted by atomic mass is 16.2. The molecule has 0 saturated heterocycles. The molecule has 13 heavy (non-hydrogen) atoms. The van der Waals surface area contributed by atoms with Crippen LogP contribution in [-0.2, 0) is 4.79 Å². The Morgan fingerprint density at radius 3 is 2.38 bits per heavy atom. The molecule has 0 aromatic rings. The van der Waals surface area contributed by atoms with Crippen molar-refractivity contribution in [3.8, 4) is 12.3 Å². The summed E-state index contributed by atoms with van der Waals surface area (Å²) in [6.45, 7) is 5.63. The van der Waals surface area contributed by atoms with Gasteiger partial charge in [-0.25, -0.2) is 0 Å². The van der Waals surface area contributed by atoms with Crippen molar-refractivity contribution >= 4 is 5.91 Å². The van der Waals surface area contributed by atoms with Crippen LogP contribution in [0.2, 0.25) is 0 Å². The molecule has 0 aromatic carbocycles. The largest absolute Gasteiger partial charge is 0.343 e. The quantitative estimate of drug-likeness (QED) is 0.453. The van der Waals surface area contributed by atoms with Gasteiger partial charge in [-0.1, -0.05) is 0 Å². The second-order valence-electron chi connectivity index (χ2n) is 2.98. The maximum atomic E-state index is 11.4. The van der Waals surface area contributed by atoms with E-state index in [0.717, 1.165) is 32.4 Å². The third kappa shape index (κ3) is 5.30. The van der Waals surface area contributed by atoms with Crippen LogP contribution in [-0.4, -0.2) is 23.9 Å². The van der Waals surface area contributed by atoms with Gasteiger partial charge in [0.25, 0.3) is 0 Å². The lowest BCUT2D eigenvalue weighted by Gasteiger charge is -2.18. The van der Waals surface area contributed by atoms with Gasteiger partial charge in [-0.2, -0.15) is 0 Å². The molecular formula is C11H19NO. The highest BCUT2D eigenvalue weighted by molar-refractivity contribution is 5.75. The van der Waals surface area contributed by atoms with Crippen molar-refractivity contribution in [3.63, 3.8) is 0 Å². The maximum Gasteiger partial charge on any atom is 0.222 e. The molecule has 2 nitrogen and oxygen atoms in total. The normalized spacial score (nSPS) is 9.31. The molecule has 0 rings (SSSR count). The van der Waals surface area contributed by atoms with Crippen LogP contribution >= 0.6 is 0 Å². The Hall–Kier alpha value is -0.970. The lowest BCUT2D eigenvalue weighted by atomic mass is 10.2. The van der Waals surface area contributed by atoms with E-state index < -0.39 is 0 Å². The minimum atomic E-state index is 0.252. The first-order valence-corrected chi connectivity index (χ1v) is 4.97. The first-order valence-electron chi connectivity index (χ1n) is 4.97. The van der Waals surface area contributed by atoms with Crippen LogP contribution in [0.1, 0.15) is 39.5 Å². The molecule has 0 unspecified atom stereocenters. The van der Waals surface area contributed by atoms with Crippen molar-refractivity contribution < 1.29 is 4.79 Å². The van der Waals surface area contributed by atoms with E-state index in [2.05, 4.69) is 5.92 Å². The summed E-state index contributed by atoms with van der Waals surface area (Å²) in [6, 6.07) is 0. The highest BCUT2D eigenvalue weighted by Gasteiger charge is 2.07. The Morgan fingerprint density at radius 2 is 1.92 bits per heavy atom. The topological polar surface area (TPSA) is 20.3 Å². The van der Waals surface area contributed by atoms with Gasteiger partial charge < -0.3 is 4.90 Å². The van der Waals surface area contributed by atoms with Crippen LogP contribution in [0.5, 0.6) is 0 Å². The van der Waals surface area contributed by atoms with Crippen molar-refractivity contribution in [2.45, 2.75) is 39.5 Å². The molecule has 0 aromatic heterocycles. The van der Waals surface area contributed by atoms with Crippen molar-refractivity contribution in [2.24, 2.45) is 0 Å². The summed E-state index contributed by atoms with van der Waals surface area (Å²) in [5.74, 6) is 2.83. The Balaban J connectivity index is 3.55. The van der Waals surface area contributed by atoms with E-state index in [1.54, 1.807) is 0 Å². The lowest BCUT2D eigenvalue weighted by Crippen LogP contribution is -2.30. The highest BCUT2D eigenvalue weighted by Crippen LogP contribution is 2.02. The molecule has 0 heterocycles. The summed E-state index contributed by atoms with van der Waals surface area (Å²) in [4.78, 5) is 13.3. The minimum absolute atomic E-state index is 0.252. The third-order valence-corrected chi connectivity index (χ3v) is 2.08. The molecule has 0 radical (unpaired) electrons. The molecule has 0 N–H and O–H groups in total. The molecule has 2 heteroatoms. The molecule has 0 spiro atoms. The van der Waals surface area contributed by atoms with Crippen LogP contribution in [0.15, 0.2) is 0 Å². The summed E-state index contributed by atoms with van der Waals surface area (Å²) in [7, 11) is 0. The van der Waals surface area contributed by atoms with E-state index in [1.165, 1.54) is 0 Å². The zero-order chi connectivity index (χ0) is 10.1. The van der Waals surface area contributed by atoms with Crippen LogP contribution in [0.4, 0.5) is 0 Å². The number of hydrogen-bond donors (Lipinski definition) is 0. The summed E-state index contributed by atoms with van der Waals surface area (Å²) in [5, 5.41) is 0. The van der Waals surface area contributed by atoms with E-state index in [9.17, 15) is 4.79 Å². The average Bonchev–Trinajstić information content (AvgIpc) is 2.14. The third-order valence-electron chi connectivity index (χ3n) is 2.08. The zero-order valence-electron chi connectivity index (χ0n) is 8.68. The minimum Gasteiger partial charge on any atom is -0.343 e. The lowest BCUT2D eigenvalue weighted by molar-refractivity contribution is -0.130. The van der Waals surface area contributed by atoms with Crippen molar-refractivity contribution in [1.29, 1.82) is 0 Å². The van der Waals surface area contributed by atoms with Gasteiger partial charge >= 0.3 is 0 Å². The standard InChI is InChI=1S/C11H19NO/c1-4-7-8-9-10-11(13)12(5-2)6-3/h1H,5-10H2,2-3H3. The fourth-order valence-electron chi connectivity index (χ4n) is 1.24. The van der Waals surface area contributed by atoms with Gasteiger partial charge in [0.1, 0.15) is 0 Å². The van der Waals surface area contributed by atoms with Gasteiger partial charge in [0.05, 0.1) is 0 Å². The van der Waals surface area contributed by atoms with Crippen LogP contribution in [0, 0.1) is 12.3 Å². The van der Waals surface area contributed by atoms with Gasteiger partial charge in [0.15, 0.2) is 0 Å². The molecule has 0 aliphatic carbocycles. The number of terminal acetylenes is 1. The maximum absolute atomic E-state index is 11.4. The fraction of sp³-hybridized carbons (Fsp3) is 0.727. The molecule has 0 fully saturated rings. The Morgan fingerprint density at radius 1 is 1.31 bits per heavy atom. The number of amides is 1. The van der Waals surface area contributed by atoms with Gasteiger partial charge in [-0.3, -0.25) is 4.79 Å². The van der Waals surface area contributed by atoms with Gasteiger partial charge in [-0.05, 0) is 26.7 Å². The number of unbranched alkanes of at least 4 members (excludes halogenated alkanes) is 2. The summed E-state index contributed by atoms with van der Waals surface area (Å²) in [5.41, 5.74) is 0. The van der Waals surface area contributed by atoms with E-state index >= 15 is 0 Å². The smallest absolute Gasteiger partial charge is 0.222 e. The van der Waals surface area contributed by atoms with Crippen molar-refractivity contribution in [1.82, 2.24) is 4.90 Å². The average molecular weight is 181 g/mol. The number of hydrogen-bond acceptors (Lipinski definition) is 1. The van der Waals surface area contributed by atoms with E-state index in [-0.39, 0.29) is 5.91 Å². The Labute approximate surface area is 81.3 Å². The van der Waals surface area contributed by atoms with Crippen LogP contribution in [0.3, 0.4) is 0 Å². The molecule has 0 atom stereocenters. The molecule has 1 amide bonds. The summed E-state index contributed by atoms with van der Waals surface area (Å²) >= 11 is 0. The van der Waals surface area contributed by atoms with Crippen LogP contribution < -0.4 is 0 Å². The number of carbonyl (C=O) groups is 1. The summed E-state index contributed by atoms with van der Waals surface area (Å²) < 4.78 is 0.